The molecule has 0 fully saturated rings. The van der Waals surface area contributed by atoms with Gasteiger partial charge in [0.05, 0.1) is 24.0 Å². The summed E-state index contributed by atoms with van der Waals surface area (Å²) in [4.78, 5) is 19.4. The normalized spacial score (nSPS) is 12.4. The molecule has 0 spiro atoms. The van der Waals surface area contributed by atoms with Crippen LogP contribution < -0.4 is 0 Å². The fraction of sp³-hybridized carbons (Fsp3) is 0.167. The van der Waals surface area contributed by atoms with E-state index in [9.17, 15) is 9.90 Å². The lowest BCUT2D eigenvalue weighted by Gasteiger charge is -2.17. The third-order valence-electron chi connectivity index (χ3n) is 4.51. The first-order chi connectivity index (χ1) is 13.3. The minimum atomic E-state index is -1.12. The maximum atomic E-state index is 11.0. The number of nitrogens with zero attached hydrogens (tertiary/aromatic N) is 6. The highest BCUT2D eigenvalue weighted by Crippen LogP contribution is 2.30. The summed E-state index contributed by atoms with van der Waals surface area (Å²) in [7, 11) is 0. The number of hydrogen-bond acceptors (Lipinski definition) is 6. The monoisotopic (exact) mass is 398 g/mol. The Morgan fingerprint density at radius 1 is 1.21 bits per heavy atom. The second-order valence-electron chi connectivity index (χ2n) is 6.33. The van der Waals surface area contributed by atoms with Gasteiger partial charge in [-0.2, -0.15) is 15.2 Å². The summed E-state index contributed by atoms with van der Waals surface area (Å²) >= 11 is 6.13. The lowest BCUT2D eigenvalue weighted by molar-refractivity contribution is 0.0697. The Kier molecular flexibility index (Phi) is 4.23. The van der Waals surface area contributed by atoms with E-state index >= 15 is 0 Å². The van der Waals surface area contributed by atoms with E-state index < -0.39 is 5.97 Å². The van der Waals surface area contributed by atoms with E-state index in [4.69, 9.17) is 16.7 Å². The van der Waals surface area contributed by atoms with E-state index in [1.165, 1.54) is 23.3 Å². The molecule has 1 aromatic carbocycles. The van der Waals surface area contributed by atoms with Crippen LogP contribution in [0.25, 0.3) is 17.0 Å². The van der Waals surface area contributed by atoms with Crippen LogP contribution in [0, 0.1) is 6.92 Å². The summed E-state index contributed by atoms with van der Waals surface area (Å²) in [5.74, 6) is -1.35. The Bertz CT molecular complexity index is 1220. The topological polar surface area (TPSA) is 119 Å². The number of aryl methyl sites for hydroxylation is 1. The largest absolute Gasteiger partial charge is 0.492 e. The Balaban J connectivity index is 1.80. The Morgan fingerprint density at radius 2 is 2.00 bits per heavy atom. The van der Waals surface area contributed by atoms with E-state index in [0.29, 0.717) is 16.1 Å². The number of hydrogen-bond donors (Lipinski definition) is 2. The zero-order chi connectivity index (χ0) is 20.0. The summed E-state index contributed by atoms with van der Waals surface area (Å²) in [6, 6.07) is 5.38. The molecule has 0 bridgehead atoms. The molecule has 1 unspecified atom stereocenters. The van der Waals surface area contributed by atoms with Crippen molar-refractivity contribution in [3.05, 3.63) is 58.5 Å². The number of carboxylic acids is 1. The molecule has 0 aliphatic rings. The van der Waals surface area contributed by atoms with Gasteiger partial charge in [0.2, 0.25) is 5.88 Å². The maximum absolute atomic E-state index is 11.0. The first-order valence-electron chi connectivity index (χ1n) is 8.33. The highest BCUT2D eigenvalue weighted by atomic mass is 35.5. The van der Waals surface area contributed by atoms with E-state index in [1.807, 2.05) is 32.0 Å². The molecule has 0 amide bonds. The van der Waals surface area contributed by atoms with Crippen molar-refractivity contribution in [2.75, 3.05) is 0 Å². The standard InChI is InChI=1S/C18H15ClN6O3/c1-9-3-4-12(19)5-13(9)10(2)25-15-14(7-21-25)22-18(23-16(15)26)24-8-11(6-20-24)17(27)28/h3-8,10H,1-2H3,(H,27,28)(H,22,23,26). The molecule has 4 aromatic rings. The molecule has 10 heteroatoms. The molecule has 142 valence electrons. The van der Waals surface area contributed by atoms with Gasteiger partial charge < -0.3 is 10.2 Å². The van der Waals surface area contributed by atoms with Crippen molar-refractivity contribution in [2.45, 2.75) is 19.9 Å². The van der Waals surface area contributed by atoms with Crippen LogP contribution in [0.5, 0.6) is 5.88 Å². The molecule has 3 heterocycles. The third-order valence-corrected chi connectivity index (χ3v) is 4.74. The number of aromatic nitrogens is 6. The summed E-state index contributed by atoms with van der Waals surface area (Å²) in [5, 5.41) is 28.4. The van der Waals surface area contributed by atoms with Crippen LogP contribution >= 0.6 is 11.6 Å². The third kappa shape index (κ3) is 2.95. The van der Waals surface area contributed by atoms with Gasteiger partial charge in [-0.1, -0.05) is 17.7 Å². The van der Waals surface area contributed by atoms with Gasteiger partial charge in [-0.05, 0) is 37.1 Å². The molecular weight excluding hydrogens is 384 g/mol. The fourth-order valence-electron chi connectivity index (χ4n) is 3.06. The Morgan fingerprint density at radius 3 is 2.71 bits per heavy atom. The molecule has 0 saturated carbocycles. The van der Waals surface area contributed by atoms with Crippen molar-refractivity contribution in [1.82, 2.24) is 29.5 Å². The molecule has 3 aromatic heterocycles. The number of benzene rings is 1. The zero-order valence-electron chi connectivity index (χ0n) is 14.9. The first kappa shape index (κ1) is 17.9. The van der Waals surface area contributed by atoms with Crippen molar-refractivity contribution in [3.8, 4) is 11.8 Å². The van der Waals surface area contributed by atoms with Gasteiger partial charge in [0.15, 0.2) is 0 Å². The Hall–Kier alpha value is -3.46. The van der Waals surface area contributed by atoms with Crippen molar-refractivity contribution >= 4 is 28.6 Å². The minimum Gasteiger partial charge on any atom is -0.492 e. The Labute approximate surface area is 163 Å². The molecule has 28 heavy (non-hydrogen) atoms. The van der Waals surface area contributed by atoms with Crippen LogP contribution in [0.15, 0.2) is 36.8 Å². The molecule has 0 aliphatic heterocycles. The van der Waals surface area contributed by atoms with Gasteiger partial charge in [-0.15, -0.1) is 0 Å². The number of aromatic hydroxyl groups is 1. The maximum Gasteiger partial charge on any atom is 0.338 e. The number of carbonyl (C=O) groups is 1. The zero-order valence-corrected chi connectivity index (χ0v) is 15.7. The van der Waals surface area contributed by atoms with Crippen molar-refractivity contribution in [3.63, 3.8) is 0 Å². The van der Waals surface area contributed by atoms with Gasteiger partial charge in [0.25, 0.3) is 5.95 Å². The van der Waals surface area contributed by atoms with Crippen LogP contribution in [0.1, 0.15) is 34.5 Å². The van der Waals surface area contributed by atoms with Crippen LogP contribution in [0.3, 0.4) is 0 Å². The van der Waals surface area contributed by atoms with Crippen LogP contribution in [-0.2, 0) is 0 Å². The van der Waals surface area contributed by atoms with Crippen LogP contribution in [-0.4, -0.2) is 45.7 Å². The highest BCUT2D eigenvalue weighted by molar-refractivity contribution is 6.30. The number of carboxylic acid groups (broad SMARTS) is 1. The number of rotatable bonds is 4. The molecule has 4 rings (SSSR count). The van der Waals surface area contributed by atoms with Crippen molar-refractivity contribution in [2.24, 2.45) is 0 Å². The molecule has 0 saturated heterocycles. The van der Waals surface area contributed by atoms with Gasteiger partial charge in [-0.25, -0.2) is 14.5 Å². The van der Waals surface area contributed by atoms with Gasteiger partial charge in [-0.3, -0.25) is 4.68 Å². The van der Waals surface area contributed by atoms with Gasteiger partial charge in [0, 0.05) is 11.2 Å². The molecule has 0 aliphatic carbocycles. The molecule has 1 atom stereocenters. The average molecular weight is 399 g/mol. The van der Waals surface area contributed by atoms with Crippen molar-refractivity contribution in [1.29, 1.82) is 0 Å². The van der Waals surface area contributed by atoms with Gasteiger partial charge >= 0.3 is 5.97 Å². The van der Waals surface area contributed by atoms with Crippen LogP contribution in [0.2, 0.25) is 5.02 Å². The minimum absolute atomic E-state index is 0.0102. The lowest BCUT2D eigenvalue weighted by atomic mass is 10.0. The first-order valence-corrected chi connectivity index (χ1v) is 8.71. The smallest absolute Gasteiger partial charge is 0.338 e. The summed E-state index contributed by atoms with van der Waals surface area (Å²) < 4.78 is 2.81. The quantitative estimate of drug-likeness (QED) is 0.542. The fourth-order valence-corrected chi connectivity index (χ4v) is 3.24. The molecule has 0 radical (unpaired) electrons. The summed E-state index contributed by atoms with van der Waals surface area (Å²) in [6.45, 7) is 3.91. The molecule has 2 N–H and O–H groups in total. The summed E-state index contributed by atoms with van der Waals surface area (Å²) in [6.07, 6.45) is 3.96. The van der Waals surface area contributed by atoms with Crippen LogP contribution in [0.4, 0.5) is 0 Å². The second-order valence-corrected chi connectivity index (χ2v) is 6.76. The number of aromatic carboxylic acids is 1. The van der Waals surface area contributed by atoms with E-state index in [0.717, 1.165) is 11.1 Å². The van der Waals surface area contributed by atoms with E-state index in [-0.39, 0.29) is 23.4 Å². The predicted molar refractivity (Wildman–Crippen MR) is 101 cm³/mol. The molecule has 9 nitrogen and oxygen atoms in total. The second kappa shape index (κ2) is 6.61. The number of fused-ring (bicyclic) bond motifs is 1. The predicted octanol–water partition coefficient (Wildman–Crippen LogP) is 2.99. The average Bonchev–Trinajstić information content (AvgIpc) is 3.30. The lowest BCUT2D eigenvalue weighted by Crippen LogP contribution is -2.11. The van der Waals surface area contributed by atoms with E-state index in [2.05, 4.69) is 20.2 Å². The SMILES string of the molecule is Cc1ccc(Cl)cc1C(C)n1ncc2nc(-n3cc(C(=O)O)cn3)nc(O)c21. The van der Waals surface area contributed by atoms with Crippen molar-refractivity contribution < 1.29 is 15.0 Å². The molecular formula is C18H15ClN6O3. The number of halogens is 1. The highest BCUT2D eigenvalue weighted by Gasteiger charge is 2.20. The summed E-state index contributed by atoms with van der Waals surface area (Å²) in [5.41, 5.74) is 2.75. The van der Waals surface area contributed by atoms with E-state index in [1.54, 1.807) is 4.68 Å². The van der Waals surface area contributed by atoms with Gasteiger partial charge in [0.1, 0.15) is 11.0 Å².